The number of piperidine rings is 1. The topological polar surface area (TPSA) is 107 Å². The summed E-state index contributed by atoms with van der Waals surface area (Å²) in [5, 5.41) is 20.4. The molecule has 2 atom stereocenters. The SMILES string of the molecule is Cc1cc(Nc2nc(C[C@@]3(C(=O)O)CCN(Cc4cccc(Cl)c4F)[C@H](C)C3)c(F)c(C3CCC3)n2)n[nH]1. The van der Waals surface area contributed by atoms with Crippen LogP contribution in [0.5, 0.6) is 0 Å². The van der Waals surface area contributed by atoms with Crippen molar-refractivity contribution in [2.45, 2.75) is 70.9 Å². The Bertz CT molecular complexity index is 1350. The van der Waals surface area contributed by atoms with E-state index >= 15 is 4.39 Å². The van der Waals surface area contributed by atoms with E-state index in [4.69, 9.17) is 11.6 Å². The second-order valence-electron chi connectivity index (χ2n) is 10.6. The molecule has 0 bridgehead atoms. The molecule has 0 unspecified atom stereocenters. The summed E-state index contributed by atoms with van der Waals surface area (Å²) in [5.41, 5.74) is 0.523. The van der Waals surface area contributed by atoms with E-state index in [0.29, 0.717) is 30.2 Å². The van der Waals surface area contributed by atoms with Crippen LogP contribution in [0.1, 0.15) is 67.6 Å². The van der Waals surface area contributed by atoms with Gasteiger partial charge in [-0.05, 0) is 52.1 Å². The second kappa shape index (κ2) is 10.6. The number of aromatic nitrogens is 4. The van der Waals surface area contributed by atoms with E-state index in [0.717, 1.165) is 25.0 Å². The lowest BCUT2D eigenvalue weighted by Gasteiger charge is -2.43. The summed E-state index contributed by atoms with van der Waals surface area (Å²) in [7, 11) is 0. The monoisotopic (exact) mass is 544 g/mol. The number of aryl methyl sites for hydroxylation is 1. The molecule has 0 amide bonds. The number of anilines is 2. The first-order valence-electron chi connectivity index (χ1n) is 12.9. The zero-order valence-corrected chi connectivity index (χ0v) is 22.2. The Balaban J connectivity index is 1.41. The van der Waals surface area contributed by atoms with Crippen LogP contribution in [0.3, 0.4) is 0 Å². The van der Waals surface area contributed by atoms with Gasteiger partial charge in [0.25, 0.3) is 0 Å². The minimum Gasteiger partial charge on any atom is -0.481 e. The molecule has 1 saturated heterocycles. The fourth-order valence-electron chi connectivity index (χ4n) is 5.48. The molecule has 2 fully saturated rings. The number of carboxylic acids is 1. The van der Waals surface area contributed by atoms with Gasteiger partial charge in [-0.25, -0.2) is 18.7 Å². The highest BCUT2D eigenvalue weighted by atomic mass is 35.5. The van der Waals surface area contributed by atoms with E-state index in [1.54, 1.807) is 18.2 Å². The maximum absolute atomic E-state index is 15.8. The molecule has 3 aromatic rings. The summed E-state index contributed by atoms with van der Waals surface area (Å²) in [5.74, 6) is -1.27. The third kappa shape index (κ3) is 5.24. The first-order valence-corrected chi connectivity index (χ1v) is 13.3. The Morgan fingerprint density at radius 3 is 2.71 bits per heavy atom. The number of carbonyl (C=O) groups is 1. The molecule has 8 nitrogen and oxygen atoms in total. The smallest absolute Gasteiger partial charge is 0.310 e. The van der Waals surface area contributed by atoms with Crippen LogP contribution < -0.4 is 5.32 Å². The summed E-state index contributed by atoms with van der Waals surface area (Å²) >= 11 is 5.94. The predicted octanol–water partition coefficient (Wildman–Crippen LogP) is 5.75. The molecule has 3 N–H and O–H groups in total. The molecule has 3 heterocycles. The van der Waals surface area contributed by atoms with Gasteiger partial charge < -0.3 is 10.4 Å². The van der Waals surface area contributed by atoms with Crippen molar-refractivity contribution in [3.63, 3.8) is 0 Å². The number of likely N-dealkylation sites (tertiary alicyclic amines) is 1. The van der Waals surface area contributed by atoms with Crippen LogP contribution in [0.2, 0.25) is 5.02 Å². The van der Waals surface area contributed by atoms with Gasteiger partial charge in [-0.3, -0.25) is 14.8 Å². The quantitative estimate of drug-likeness (QED) is 0.331. The lowest BCUT2D eigenvalue weighted by molar-refractivity contribution is -0.153. The second-order valence-corrected chi connectivity index (χ2v) is 11.0. The largest absolute Gasteiger partial charge is 0.481 e. The number of rotatable bonds is 8. The number of halogens is 3. The van der Waals surface area contributed by atoms with Crippen LogP contribution in [0.4, 0.5) is 20.5 Å². The highest BCUT2D eigenvalue weighted by Gasteiger charge is 2.46. The van der Waals surface area contributed by atoms with Crippen molar-refractivity contribution in [2.75, 3.05) is 11.9 Å². The molecule has 0 radical (unpaired) electrons. The van der Waals surface area contributed by atoms with Crippen LogP contribution in [-0.2, 0) is 17.8 Å². The fraction of sp³-hybridized carbons (Fsp3) is 0.481. The summed E-state index contributed by atoms with van der Waals surface area (Å²) in [6.45, 7) is 4.51. The number of nitrogens with zero attached hydrogens (tertiary/aromatic N) is 4. The van der Waals surface area contributed by atoms with Crippen molar-refractivity contribution < 1.29 is 18.7 Å². The van der Waals surface area contributed by atoms with Crippen LogP contribution in [0.25, 0.3) is 0 Å². The van der Waals surface area contributed by atoms with Gasteiger partial charge in [-0.2, -0.15) is 5.10 Å². The van der Waals surface area contributed by atoms with Crippen LogP contribution in [0, 0.1) is 24.0 Å². The number of hydrogen-bond acceptors (Lipinski definition) is 6. The highest BCUT2D eigenvalue weighted by molar-refractivity contribution is 6.30. The number of carboxylic acid groups (broad SMARTS) is 1. The first-order chi connectivity index (χ1) is 18.1. The Morgan fingerprint density at radius 1 is 1.29 bits per heavy atom. The van der Waals surface area contributed by atoms with Crippen LogP contribution >= 0.6 is 11.6 Å². The van der Waals surface area contributed by atoms with Gasteiger partial charge in [0.2, 0.25) is 5.95 Å². The Morgan fingerprint density at radius 2 is 2.08 bits per heavy atom. The molecule has 1 aliphatic carbocycles. The normalized spacial score (nSPS) is 22.3. The molecule has 5 rings (SSSR count). The van der Waals surface area contributed by atoms with Crippen LogP contribution in [-0.4, -0.2) is 48.7 Å². The average Bonchev–Trinajstić information content (AvgIpc) is 3.24. The molecular weight excluding hydrogens is 514 g/mol. The zero-order valence-electron chi connectivity index (χ0n) is 21.4. The van der Waals surface area contributed by atoms with Gasteiger partial charge in [-0.1, -0.05) is 30.2 Å². The summed E-state index contributed by atoms with van der Waals surface area (Å²) in [4.78, 5) is 23.6. The number of benzene rings is 1. The van der Waals surface area contributed by atoms with E-state index in [-0.39, 0.29) is 47.9 Å². The average molecular weight is 545 g/mol. The Hall–Kier alpha value is -3.11. The molecule has 2 aliphatic rings. The van der Waals surface area contributed by atoms with Gasteiger partial charge >= 0.3 is 5.97 Å². The molecule has 11 heteroatoms. The molecule has 0 spiro atoms. The van der Waals surface area contributed by atoms with Crippen LogP contribution in [0.15, 0.2) is 24.3 Å². The fourth-order valence-corrected chi connectivity index (χ4v) is 5.68. The predicted molar refractivity (Wildman–Crippen MR) is 139 cm³/mol. The van der Waals surface area contributed by atoms with Crippen molar-refractivity contribution in [3.05, 3.63) is 63.6 Å². The van der Waals surface area contributed by atoms with Crippen molar-refractivity contribution in [2.24, 2.45) is 5.41 Å². The minimum absolute atomic E-state index is 0.00707. The zero-order chi connectivity index (χ0) is 27.0. The summed E-state index contributed by atoms with van der Waals surface area (Å²) in [6.07, 6.45) is 3.17. The maximum atomic E-state index is 15.8. The lowest BCUT2D eigenvalue weighted by Crippen LogP contribution is -2.50. The van der Waals surface area contributed by atoms with Crippen molar-refractivity contribution in [3.8, 4) is 0 Å². The molecular formula is C27H31ClF2N6O2. The number of hydrogen-bond donors (Lipinski definition) is 3. The van der Waals surface area contributed by atoms with Gasteiger partial charge in [-0.15, -0.1) is 0 Å². The van der Waals surface area contributed by atoms with E-state index in [1.165, 1.54) is 6.07 Å². The van der Waals surface area contributed by atoms with E-state index < -0.39 is 23.0 Å². The molecule has 2 aromatic heterocycles. The summed E-state index contributed by atoms with van der Waals surface area (Å²) in [6, 6.07) is 6.48. The maximum Gasteiger partial charge on any atom is 0.310 e. The van der Waals surface area contributed by atoms with Crippen molar-refractivity contribution >= 4 is 29.3 Å². The van der Waals surface area contributed by atoms with Crippen molar-refractivity contribution in [1.29, 1.82) is 0 Å². The van der Waals surface area contributed by atoms with Gasteiger partial charge in [0.1, 0.15) is 5.82 Å². The number of nitrogens with one attached hydrogen (secondary N) is 2. The Kier molecular flexibility index (Phi) is 7.37. The van der Waals surface area contributed by atoms with Crippen molar-refractivity contribution in [1.82, 2.24) is 25.1 Å². The number of aromatic amines is 1. The van der Waals surface area contributed by atoms with E-state index in [2.05, 4.69) is 25.5 Å². The molecule has 38 heavy (non-hydrogen) atoms. The third-order valence-electron chi connectivity index (χ3n) is 7.93. The van der Waals surface area contributed by atoms with Gasteiger partial charge in [0, 0.05) is 42.2 Å². The first kappa shape index (κ1) is 26.5. The highest BCUT2D eigenvalue weighted by Crippen LogP contribution is 2.42. The van der Waals surface area contributed by atoms with Gasteiger partial charge in [0.15, 0.2) is 11.6 Å². The van der Waals surface area contributed by atoms with E-state index in [9.17, 15) is 14.3 Å². The molecule has 1 saturated carbocycles. The third-order valence-corrected chi connectivity index (χ3v) is 8.23. The number of aliphatic carboxylic acids is 1. The number of H-pyrrole nitrogens is 1. The van der Waals surface area contributed by atoms with Gasteiger partial charge in [0.05, 0.1) is 21.8 Å². The molecule has 1 aliphatic heterocycles. The summed E-state index contributed by atoms with van der Waals surface area (Å²) < 4.78 is 30.3. The molecule has 1 aromatic carbocycles. The Labute approximate surface area is 224 Å². The minimum atomic E-state index is -1.21. The van der Waals surface area contributed by atoms with E-state index in [1.807, 2.05) is 18.7 Å². The molecule has 202 valence electrons. The standard InChI is InChI=1S/C27H31ClF2N6O2/c1-15-11-21(35-34-15)32-26-31-20(23(30)24(33-26)17-5-3-6-17)13-27(25(37)38)9-10-36(16(2)12-27)14-18-7-4-8-19(28)22(18)29/h4,7-8,11,16-17H,3,5-6,9-10,12-14H2,1-2H3,(H,37,38)(H2,31,32,33,34,35)/t16-,27-/m1/s1. The lowest BCUT2D eigenvalue weighted by atomic mass is 9.72.